The summed E-state index contributed by atoms with van der Waals surface area (Å²) in [4.78, 5) is 16.6. The predicted molar refractivity (Wildman–Crippen MR) is 378 cm³/mol. The molecular formula is C89H53N3. The zero-order valence-electron chi connectivity index (χ0n) is 49.9. The van der Waals surface area contributed by atoms with Crippen LogP contribution in [0.5, 0.6) is 0 Å². The van der Waals surface area contributed by atoms with Crippen LogP contribution in [-0.4, -0.2) is 15.0 Å². The molecule has 0 unspecified atom stereocenters. The highest BCUT2D eigenvalue weighted by atomic mass is 14.9. The maximum atomic E-state index is 5.86. The first-order valence-electron chi connectivity index (χ1n) is 31.9. The quantitative estimate of drug-likeness (QED) is 0.167. The molecule has 16 aromatic rings. The highest BCUT2D eigenvalue weighted by molar-refractivity contribution is 6.07. The van der Waals surface area contributed by atoms with Crippen molar-refractivity contribution in [1.82, 2.24) is 15.0 Å². The smallest absolute Gasteiger partial charge is 0.160 e. The van der Waals surface area contributed by atoms with E-state index in [0.29, 0.717) is 5.82 Å². The van der Waals surface area contributed by atoms with E-state index in [4.69, 9.17) is 15.0 Å². The lowest BCUT2D eigenvalue weighted by molar-refractivity contribution is 0.794. The van der Waals surface area contributed by atoms with Crippen LogP contribution in [0.25, 0.3) is 144 Å². The van der Waals surface area contributed by atoms with Gasteiger partial charge in [0.25, 0.3) is 0 Å². The number of rotatable bonds is 6. The summed E-state index contributed by atoms with van der Waals surface area (Å²) in [7, 11) is 0. The van der Waals surface area contributed by atoms with Crippen molar-refractivity contribution >= 4 is 32.4 Å². The average molecular weight is 1160 g/mol. The van der Waals surface area contributed by atoms with Crippen molar-refractivity contribution in [2.24, 2.45) is 0 Å². The van der Waals surface area contributed by atoms with E-state index in [9.17, 15) is 0 Å². The van der Waals surface area contributed by atoms with Crippen LogP contribution in [0.1, 0.15) is 44.5 Å². The maximum absolute atomic E-state index is 5.86. The molecule has 0 atom stereocenters. The van der Waals surface area contributed by atoms with Crippen molar-refractivity contribution in [2.45, 2.75) is 10.8 Å². The van der Waals surface area contributed by atoms with Gasteiger partial charge in [-0.05, 0) is 163 Å². The number of nitrogens with zero attached hydrogens (tertiary/aromatic N) is 3. The van der Waals surface area contributed by atoms with Gasteiger partial charge in [0.05, 0.1) is 27.7 Å². The molecule has 424 valence electrons. The summed E-state index contributed by atoms with van der Waals surface area (Å²) < 4.78 is 0. The summed E-state index contributed by atoms with van der Waals surface area (Å²) in [6.07, 6.45) is 1.91. The molecule has 0 aliphatic heterocycles. The lowest BCUT2D eigenvalue weighted by Crippen LogP contribution is -2.25. The molecule has 3 heteroatoms. The zero-order chi connectivity index (χ0) is 60.2. The van der Waals surface area contributed by atoms with Crippen LogP contribution in [-0.2, 0) is 10.8 Å². The lowest BCUT2D eigenvalue weighted by Gasteiger charge is -2.31. The van der Waals surface area contributed by atoms with Gasteiger partial charge >= 0.3 is 0 Å². The van der Waals surface area contributed by atoms with E-state index in [1.807, 2.05) is 6.20 Å². The van der Waals surface area contributed by atoms with E-state index in [1.165, 1.54) is 105 Å². The molecule has 0 amide bonds. The van der Waals surface area contributed by atoms with Crippen molar-refractivity contribution in [3.63, 3.8) is 0 Å². The largest absolute Gasteiger partial charge is 0.256 e. The Morgan fingerprint density at radius 1 is 0.207 bits per heavy atom. The third-order valence-electron chi connectivity index (χ3n) is 20.8. The van der Waals surface area contributed by atoms with Crippen LogP contribution < -0.4 is 0 Å². The molecule has 2 heterocycles. The Morgan fingerprint density at radius 2 is 0.598 bits per heavy atom. The number of hydrogen-bond acceptors (Lipinski definition) is 3. The Hall–Kier alpha value is -11.9. The van der Waals surface area contributed by atoms with Gasteiger partial charge in [-0.3, -0.25) is 4.98 Å². The molecule has 20 rings (SSSR count). The molecule has 0 bridgehead atoms. The number of pyridine rings is 1. The number of fused-ring (bicyclic) bond motifs is 23. The number of aromatic nitrogens is 3. The minimum Gasteiger partial charge on any atom is -0.256 e. The van der Waals surface area contributed by atoms with Crippen LogP contribution in [0, 0.1) is 0 Å². The fourth-order valence-electron chi connectivity index (χ4n) is 16.9. The minimum absolute atomic E-state index is 0.515. The second-order valence-electron chi connectivity index (χ2n) is 25.2. The van der Waals surface area contributed by atoms with Gasteiger partial charge in [-0.2, -0.15) is 0 Å². The summed E-state index contributed by atoms with van der Waals surface area (Å²) in [5.74, 6) is 0.658. The van der Waals surface area contributed by atoms with Gasteiger partial charge < -0.3 is 0 Å². The fourth-order valence-corrected chi connectivity index (χ4v) is 16.9. The number of hydrogen-bond donors (Lipinski definition) is 0. The topological polar surface area (TPSA) is 38.7 Å². The summed E-state index contributed by atoms with van der Waals surface area (Å²) in [6.45, 7) is 0. The molecule has 14 aromatic carbocycles. The first-order chi connectivity index (χ1) is 45.6. The molecule has 4 aliphatic carbocycles. The number of benzene rings is 14. The van der Waals surface area contributed by atoms with E-state index in [2.05, 4.69) is 315 Å². The molecule has 2 aromatic heterocycles. The monoisotopic (exact) mass is 1160 g/mol. The molecule has 0 saturated heterocycles. The second kappa shape index (κ2) is 19.3. The standard InChI is InChI=1S/C89H53N3/c1-3-21-63-54(18-1)20-17-29-64(63)56-36-42-59(43-37-56)87-91-85(58-40-38-57(39-41-58)84-65-22-4-2-19-55(65)48-49-90-84)75-51-62(60-44-46-72-70-27-9-15-34-80(70)88(82(72)52-60)76-30-11-5-23-66(76)67-24-6-12-31-77(67)88)50-74(86(75)92-87)61-45-47-73-71-28-10-16-35-81(71)89(83(73)53-61)78-32-13-7-25-68(78)69-26-8-14-33-79(69)89/h1-53H. The van der Waals surface area contributed by atoms with Crippen LogP contribution in [0.15, 0.2) is 322 Å². The van der Waals surface area contributed by atoms with E-state index in [0.717, 1.165) is 77.6 Å². The van der Waals surface area contributed by atoms with E-state index in [-0.39, 0.29) is 0 Å². The van der Waals surface area contributed by atoms with Gasteiger partial charge in [0.1, 0.15) is 0 Å². The SMILES string of the molecule is c1ccc2c(c1)-c1ccccc1C21c2ccccc2-c2ccc(-c3cc(-c4ccc5c(c4)C4(c6ccccc6-c6ccccc64)c4ccccc4-5)c4nc(-c5ccc(-c6cccc7ccccc67)cc5)nc(-c5ccc(-c6nccc7ccccc67)cc5)c4c3)cc21. The first-order valence-corrected chi connectivity index (χ1v) is 31.9. The van der Waals surface area contributed by atoms with Crippen LogP contribution in [0.3, 0.4) is 0 Å². The van der Waals surface area contributed by atoms with Crippen LogP contribution >= 0.6 is 0 Å². The highest BCUT2D eigenvalue weighted by Gasteiger charge is 2.53. The highest BCUT2D eigenvalue weighted by Crippen LogP contribution is 2.65. The molecule has 3 nitrogen and oxygen atoms in total. The lowest BCUT2D eigenvalue weighted by atomic mass is 9.70. The van der Waals surface area contributed by atoms with Gasteiger partial charge in [-0.1, -0.05) is 285 Å². The Kier molecular flexibility index (Phi) is 10.7. The normalized spacial score (nSPS) is 13.6. The summed E-state index contributed by atoms with van der Waals surface area (Å²) in [5, 5.41) is 5.68. The van der Waals surface area contributed by atoms with Gasteiger partial charge in [-0.15, -0.1) is 0 Å². The van der Waals surface area contributed by atoms with Crippen molar-refractivity contribution in [1.29, 1.82) is 0 Å². The van der Waals surface area contributed by atoms with E-state index >= 15 is 0 Å². The predicted octanol–water partition coefficient (Wildman–Crippen LogP) is 22.0. The zero-order valence-corrected chi connectivity index (χ0v) is 49.9. The molecule has 0 fully saturated rings. The minimum atomic E-state index is -0.544. The van der Waals surface area contributed by atoms with Crippen molar-refractivity contribution < 1.29 is 0 Å². The third-order valence-corrected chi connectivity index (χ3v) is 20.8. The average Bonchev–Trinajstić information content (AvgIpc) is 1.52. The molecule has 0 saturated carbocycles. The van der Waals surface area contributed by atoms with Crippen molar-refractivity contribution in [3.05, 3.63) is 366 Å². The Bertz CT molecular complexity index is 5700. The molecule has 2 spiro atoms. The van der Waals surface area contributed by atoms with E-state index in [1.54, 1.807) is 0 Å². The van der Waals surface area contributed by atoms with Crippen molar-refractivity contribution in [3.8, 4) is 112 Å². The van der Waals surface area contributed by atoms with Crippen molar-refractivity contribution in [2.75, 3.05) is 0 Å². The van der Waals surface area contributed by atoms with Crippen LogP contribution in [0.2, 0.25) is 0 Å². The second-order valence-corrected chi connectivity index (χ2v) is 25.2. The van der Waals surface area contributed by atoms with E-state index < -0.39 is 10.8 Å². The Labute approximate surface area is 533 Å². The van der Waals surface area contributed by atoms with Gasteiger partial charge in [0.2, 0.25) is 0 Å². The fraction of sp³-hybridized carbons (Fsp3) is 0.0225. The van der Waals surface area contributed by atoms with Gasteiger partial charge in [-0.25, -0.2) is 9.97 Å². The Balaban J connectivity index is 0.860. The molecular weight excluding hydrogens is 1110 g/mol. The summed E-state index contributed by atoms with van der Waals surface area (Å²) in [6, 6.07) is 117. The molecule has 0 radical (unpaired) electrons. The molecule has 4 aliphatic rings. The van der Waals surface area contributed by atoms with Gasteiger partial charge in [0, 0.05) is 39.2 Å². The van der Waals surface area contributed by atoms with Gasteiger partial charge in [0.15, 0.2) is 5.82 Å². The molecule has 0 N–H and O–H groups in total. The third kappa shape index (κ3) is 6.97. The summed E-state index contributed by atoms with van der Waals surface area (Å²) >= 11 is 0. The maximum Gasteiger partial charge on any atom is 0.160 e. The summed E-state index contributed by atoms with van der Waals surface area (Å²) in [5.41, 5.74) is 31.9. The first kappa shape index (κ1) is 51.0. The van der Waals surface area contributed by atoms with Crippen LogP contribution in [0.4, 0.5) is 0 Å². The Morgan fingerprint density at radius 3 is 1.14 bits per heavy atom. The molecule has 92 heavy (non-hydrogen) atoms.